The Hall–Kier alpha value is -1.38. The lowest BCUT2D eigenvalue weighted by Crippen LogP contribution is -2.29. The van der Waals surface area contributed by atoms with Gasteiger partial charge in [0, 0.05) is 13.6 Å². The Balaban J connectivity index is 2.81. The van der Waals surface area contributed by atoms with Crippen LogP contribution in [0.2, 0.25) is 0 Å². The second kappa shape index (κ2) is 5.98. The van der Waals surface area contributed by atoms with Gasteiger partial charge in [0.05, 0.1) is 0 Å². The maximum Gasteiger partial charge on any atom is 0.371 e. The van der Waals surface area contributed by atoms with Crippen LogP contribution in [0, 0.1) is 0 Å². The van der Waals surface area contributed by atoms with Gasteiger partial charge in [-0.05, 0) is 32.1 Å². The summed E-state index contributed by atoms with van der Waals surface area (Å²) in [5.41, 5.74) is 0. The molecule has 0 aliphatic carbocycles. The van der Waals surface area contributed by atoms with Gasteiger partial charge >= 0.3 is 5.97 Å². The molecule has 0 spiro atoms. The van der Waals surface area contributed by atoms with Crippen molar-refractivity contribution < 1.29 is 22.7 Å². The van der Waals surface area contributed by atoms with E-state index in [1.807, 2.05) is 0 Å². The van der Waals surface area contributed by atoms with Crippen molar-refractivity contribution in [3.05, 3.63) is 17.9 Å². The molecule has 0 aliphatic heterocycles. The van der Waals surface area contributed by atoms with Crippen molar-refractivity contribution in [2.75, 3.05) is 27.2 Å². The van der Waals surface area contributed by atoms with Crippen LogP contribution in [0.5, 0.6) is 0 Å². The topological polar surface area (TPSA) is 99.9 Å². The van der Waals surface area contributed by atoms with Gasteiger partial charge in [-0.3, -0.25) is 0 Å². The highest BCUT2D eigenvalue weighted by atomic mass is 32.2. The molecule has 7 nitrogen and oxygen atoms in total. The molecule has 0 saturated heterocycles. The van der Waals surface area contributed by atoms with Crippen molar-refractivity contribution in [2.24, 2.45) is 0 Å². The van der Waals surface area contributed by atoms with Crippen LogP contribution in [0.25, 0.3) is 0 Å². The maximum absolute atomic E-state index is 12.0. The standard InChI is InChI=1S/C10H16N2O5S/c1-11-6-3-7-12(2)18(15,16)9-5-4-8(17-9)10(13)14/h4-5,11H,3,6-7H2,1-2H3,(H,13,14). The lowest BCUT2D eigenvalue weighted by molar-refractivity contribution is 0.0656. The monoisotopic (exact) mass is 276 g/mol. The van der Waals surface area contributed by atoms with Crippen molar-refractivity contribution in [1.29, 1.82) is 0 Å². The molecule has 0 radical (unpaired) electrons. The summed E-state index contributed by atoms with van der Waals surface area (Å²) in [5, 5.41) is 11.2. The largest absolute Gasteiger partial charge is 0.475 e. The van der Waals surface area contributed by atoms with Crippen LogP contribution in [0.4, 0.5) is 0 Å². The zero-order valence-corrected chi connectivity index (χ0v) is 11.0. The Labute approximate surface area is 105 Å². The average Bonchev–Trinajstić information content (AvgIpc) is 2.79. The number of nitrogens with one attached hydrogen (secondary N) is 1. The zero-order valence-electron chi connectivity index (χ0n) is 10.2. The Kier molecular flexibility index (Phi) is 4.88. The van der Waals surface area contributed by atoms with Gasteiger partial charge in [-0.2, -0.15) is 4.31 Å². The van der Waals surface area contributed by atoms with E-state index in [2.05, 4.69) is 5.32 Å². The highest BCUT2D eigenvalue weighted by Crippen LogP contribution is 2.17. The smallest absolute Gasteiger partial charge is 0.371 e. The van der Waals surface area contributed by atoms with Gasteiger partial charge in [-0.15, -0.1) is 0 Å². The molecule has 1 aromatic rings. The molecule has 0 bridgehead atoms. The van der Waals surface area contributed by atoms with Crippen molar-refractivity contribution in [3.8, 4) is 0 Å². The average molecular weight is 276 g/mol. The fourth-order valence-electron chi connectivity index (χ4n) is 1.33. The van der Waals surface area contributed by atoms with Gasteiger partial charge in [0.2, 0.25) is 10.9 Å². The highest BCUT2D eigenvalue weighted by molar-refractivity contribution is 7.89. The van der Waals surface area contributed by atoms with Crippen LogP contribution >= 0.6 is 0 Å². The molecular weight excluding hydrogens is 260 g/mol. The molecular formula is C10H16N2O5S. The van der Waals surface area contributed by atoms with E-state index in [4.69, 9.17) is 9.52 Å². The van der Waals surface area contributed by atoms with Crippen LogP contribution in [0.3, 0.4) is 0 Å². The van der Waals surface area contributed by atoms with Crippen LogP contribution in [0.1, 0.15) is 17.0 Å². The second-order valence-electron chi connectivity index (χ2n) is 3.71. The van der Waals surface area contributed by atoms with Crippen LogP contribution < -0.4 is 5.32 Å². The summed E-state index contributed by atoms with van der Waals surface area (Å²) < 4.78 is 29.9. The number of hydrogen-bond acceptors (Lipinski definition) is 5. The molecule has 8 heteroatoms. The Morgan fingerprint density at radius 2 is 2.17 bits per heavy atom. The molecule has 0 saturated carbocycles. The molecule has 0 aromatic carbocycles. The van der Waals surface area contributed by atoms with Gasteiger partial charge in [0.25, 0.3) is 10.0 Å². The summed E-state index contributed by atoms with van der Waals surface area (Å²) in [6, 6.07) is 2.27. The molecule has 0 amide bonds. The molecule has 18 heavy (non-hydrogen) atoms. The summed E-state index contributed by atoms with van der Waals surface area (Å²) >= 11 is 0. The fraction of sp³-hybridized carbons (Fsp3) is 0.500. The van der Waals surface area contributed by atoms with Crippen molar-refractivity contribution in [1.82, 2.24) is 9.62 Å². The van der Waals surface area contributed by atoms with E-state index in [0.717, 1.165) is 16.4 Å². The molecule has 1 heterocycles. The van der Waals surface area contributed by atoms with E-state index in [0.29, 0.717) is 19.5 Å². The summed E-state index contributed by atoms with van der Waals surface area (Å²) in [6.45, 7) is 1.02. The zero-order chi connectivity index (χ0) is 13.8. The lowest BCUT2D eigenvalue weighted by atomic mass is 10.4. The normalized spacial score (nSPS) is 11.9. The minimum Gasteiger partial charge on any atom is -0.475 e. The summed E-state index contributed by atoms with van der Waals surface area (Å²) in [7, 11) is -0.554. The first-order valence-electron chi connectivity index (χ1n) is 5.33. The quantitative estimate of drug-likeness (QED) is 0.690. The van der Waals surface area contributed by atoms with E-state index in [-0.39, 0.29) is 5.09 Å². The molecule has 1 rings (SSSR count). The summed E-state index contributed by atoms with van der Waals surface area (Å²) in [6.07, 6.45) is 0.652. The lowest BCUT2D eigenvalue weighted by Gasteiger charge is -2.14. The number of carbonyl (C=O) groups is 1. The SMILES string of the molecule is CNCCCN(C)S(=O)(=O)c1ccc(C(=O)O)o1. The molecule has 2 N–H and O–H groups in total. The molecule has 0 aliphatic rings. The number of aromatic carboxylic acids is 1. The minimum absolute atomic E-state index is 0.326. The first kappa shape index (κ1) is 14.7. The van der Waals surface area contributed by atoms with Crippen molar-refractivity contribution in [2.45, 2.75) is 11.5 Å². The number of sulfonamides is 1. The highest BCUT2D eigenvalue weighted by Gasteiger charge is 2.25. The molecule has 102 valence electrons. The number of hydrogen-bond donors (Lipinski definition) is 2. The third-order valence-electron chi connectivity index (χ3n) is 2.36. The molecule has 0 fully saturated rings. The van der Waals surface area contributed by atoms with E-state index in [9.17, 15) is 13.2 Å². The number of carboxylic acid groups (broad SMARTS) is 1. The molecule has 0 atom stereocenters. The predicted octanol–water partition coefficient (Wildman–Crippen LogP) is 0.208. The van der Waals surface area contributed by atoms with Crippen LogP contribution in [0.15, 0.2) is 21.6 Å². The van der Waals surface area contributed by atoms with Crippen molar-refractivity contribution >= 4 is 16.0 Å². The summed E-state index contributed by atoms with van der Waals surface area (Å²) in [5.74, 6) is -1.69. The molecule has 1 aromatic heterocycles. The first-order chi connectivity index (χ1) is 8.39. The number of carboxylic acids is 1. The van der Waals surface area contributed by atoms with Gasteiger partial charge < -0.3 is 14.8 Å². The van der Waals surface area contributed by atoms with Gasteiger partial charge in [0.15, 0.2) is 0 Å². The van der Waals surface area contributed by atoms with Crippen LogP contribution in [-0.4, -0.2) is 51.0 Å². The van der Waals surface area contributed by atoms with Crippen LogP contribution in [-0.2, 0) is 10.0 Å². The fourth-order valence-corrected chi connectivity index (χ4v) is 2.44. The van der Waals surface area contributed by atoms with E-state index < -0.39 is 21.8 Å². The van der Waals surface area contributed by atoms with E-state index in [1.54, 1.807) is 7.05 Å². The van der Waals surface area contributed by atoms with Gasteiger partial charge in [0.1, 0.15) is 0 Å². The Bertz CT molecular complexity index is 508. The Morgan fingerprint density at radius 1 is 1.50 bits per heavy atom. The molecule has 0 unspecified atom stereocenters. The third kappa shape index (κ3) is 3.31. The number of nitrogens with zero attached hydrogens (tertiary/aromatic N) is 1. The van der Waals surface area contributed by atoms with Crippen molar-refractivity contribution in [3.63, 3.8) is 0 Å². The van der Waals surface area contributed by atoms with E-state index in [1.165, 1.54) is 7.05 Å². The number of furan rings is 1. The number of rotatable bonds is 7. The second-order valence-corrected chi connectivity index (χ2v) is 5.68. The van der Waals surface area contributed by atoms with Gasteiger partial charge in [-0.25, -0.2) is 13.2 Å². The predicted molar refractivity (Wildman–Crippen MR) is 64.0 cm³/mol. The minimum atomic E-state index is -3.76. The van der Waals surface area contributed by atoms with Gasteiger partial charge in [-0.1, -0.05) is 0 Å². The first-order valence-corrected chi connectivity index (χ1v) is 6.77. The Morgan fingerprint density at radius 3 is 2.67 bits per heavy atom. The summed E-state index contributed by atoms with van der Waals surface area (Å²) in [4.78, 5) is 10.6. The third-order valence-corrected chi connectivity index (χ3v) is 4.09. The maximum atomic E-state index is 12.0. The van der Waals surface area contributed by atoms with E-state index >= 15 is 0 Å².